The number of hydrogen-bond donors (Lipinski definition) is 2. The number of rotatable bonds is 5. The summed E-state index contributed by atoms with van der Waals surface area (Å²) >= 11 is 0. The van der Waals surface area contributed by atoms with Crippen LogP contribution in [0, 0.1) is 5.41 Å². The van der Waals surface area contributed by atoms with Gasteiger partial charge in [0.25, 0.3) is 0 Å². The number of nitrogens with two attached hydrogens (primary N) is 1. The molecule has 0 aliphatic heterocycles. The van der Waals surface area contributed by atoms with Gasteiger partial charge in [-0.25, -0.2) is 0 Å². The van der Waals surface area contributed by atoms with E-state index in [4.69, 9.17) is 10.9 Å². The molecule has 0 aliphatic carbocycles. The Bertz CT molecular complexity index is 208. The average molecular weight is 215 g/mol. The average Bonchev–Trinajstić information content (AvgIpc) is 2.14. The van der Waals surface area contributed by atoms with E-state index >= 15 is 0 Å². The highest BCUT2D eigenvalue weighted by molar-refractivity contribution is 5.79. The van der Waals surface area contributed by atoms with E-state index in [9.17, 15) is 0 Å². The molecule has 0 aromatic rings. The first-order valence-electron chi connectivity index (χ1n) is 5.45. The van der Waals surface area contributed by atoms with Gasteiger partial charge in [-0.05, 0) is 32.4 Å². The molecule has 1 unspecified atom stereocenters. The Hall–Kier alpha value is -0.770. The highest BCUT2D eigenvalue weighted by Gasteiger charge is 2.23. The van der Waals surface area contributed by atoms with E-state index in [2.05, 4.69) is 44.8 Å². The first-order chi connectivity index (χ1) is 6.79. The molecule has 0 saturated heterocycles. The van der Waals surface area contributed by atoms with Crippen molar-refractivity contribution < 1.29 is 5.21 Å². The van der Waals surface area contributed by atoms with Crippen molar-refractivity contribution >= 4 is 5.84 Å². The van der Waals surface area contributed by atoms with Crippen molar-refractivity contribution in [3.63, 3.8) is 0 Å². The van der Waals surface area contributed by atoms with Crippen LogP contribution in [0.1, 0.15) is 40.5 Å². The van der Waals surface area contributed by atoms with Crippen LogP contribution in [0.5, 0.6) is 0 Å². The van der Waals surface area contributed by atoms with Gasteiger partial charge in [0.05, 0.1) is 0 Å². The smallest absolute Gasteiger partial charge is 0.139 e. The third-order valence-electron chi connectivity index (χ3n) is 2.99. The zero-order valence-electron chi connectivity index (χ0n) is 10.6. The van der Waals surface area contributed by atoms with Gasteiger partial charge in [-0.15, -0.1) is 0 Å². The fourth-order valence-electron chi connectivity index (χ4n) is 1.41. The summed E-state index contributed by atoms with van der Waals surface area (Å²) in [5.74, 6) is 0.312. The highest BCUT2D eigenvalue weighted by atomic mass is 16.4. The Balaban J connectivity index is 3.89. The summed E-state index contributed by atoms with van der Waals surface area (Å²) in [6.07, 6.45) is 1.57. The Morgan fingerprint density at radius 2 is 2.00 bits per heavy atom. The van der Waals surface area contributed by atoms with E-state index in [0.717, 1.165) is 13.0 Å². The lowest BCUT2D eigenvalue weighted by Crippen LogP contribution is -2.39. The summed E-state index contributed by atoms with van der Waals surface area (Å²) in [5.41, 5.74) is 5.69. The van der Waals surface area contributed by atoms with Gasteiger partial charge in [-0.3, -0.25) is 0 Å². The molecule has 0 aromatic carbocycles. The molecule has 1 atom stereocenters. The van der Waals surface area contributed by atoms with E-state index in [-0.39, 0.29) is 5.41 Å². The maximum absolute atomic E-state index is 8.39. The fraction of sp³-hybridized carbons (Fsp3) is 0.909. The van der Waals surface area contributed by atoms with E-state index in [1.54, 1.807) is 0 Å². The molecule has 0 rings (SSSR count). The van der Waals surface area contributed by atoms with Crippen LogP contribution in [0.3, 0.4) is 0 Å². The lowest BCUT2D eigenvalue weighted by Gasteiger charge is -2.35. The van der Waals surface area contributed by atoms with Gasteiger partial charge in [0.15, 0.2) is 0 Å². The van der Waals surface area contributed by atoms with Gasteiger partial charge in [0, 0.05) is 12.5 Å². The summed E-state index contributed by atoms with van der Waals surface area (Å²) in [7, 11) is 2.11. The topological polar surface area (TPSA) is 61.8 Å². The first-order valence-corrected chi connectivity index (χ1v) is 5.45. The maximum Gasteiger partial charge on any atom is 0.139 e. The van der Waals surface area contributed by atoms with Gasteiger partial charge in [0.2, 0.25) is 0 Å². The molecule has 4 heteroatoms. The minimum atomic E-state index is 0.283. The molecule has 15 heavy (non-hydrogen) atoms. The zero-order chi connectivity index (χ0) is 12.1. The predicted octanol–water partition coefficient (Wildman–Crippen LogP) is 1.88. The molecule has 0 radical (unpaired) electrons. The number of nitrogens with zero attached hydrogens (tertiary/aromatic N) is 2. The molecule has 0 aliphatic rings. The van der Waals surface area contributed by atoms with Gasteiger partial charge < -0.3 is 15.8 Å². The quantitative estimate of drug-likeness (QED) is 0.318. The van der Waals surface area contributed by atoms with Crippen molar-refractivity contribution in [1.29, 1.82) is 0 Å². The number of oxime groups is 1. The predicted molar refractivity (Wildman–Crippen MR) is 64.2 cm³/mol. The largest absolute Gasteiger partial charge is 0.409 e. The molecule has 3 N–H and O–H groups in total. The van der Waals surface area contributed by atoms with Gasteiger partial charge >= 0.3 is 0 Å². The molecule has 0 amide bonds. The van der Waals surface area contributed by atoms with Crippen LogP contribution in [0.2, 0.25) is 0 Å². The molecule has 0 aromatic heterocycles. The molecular formula is C11H25N3O. The molecule has 0 fully saturated rings. The fourth-order valence-corrected chi connectivity index (χ4v) is 1.41. The first kappa shape index (κ1) is 14.2. The van der Waals surface area contributed by atoms with E-state index in [1.165, 1.54) is 0 Å². The molecular weight excluding hydrogens is 190 g/mol. The van der Waals surface area contributed by atoms with Crippen LogP contribution in [0.4, 0.5) is 0 Å². The van der Waals surface area contributed by atoms with Gasteiger partial charge in [-0.2, -0.15) is 0 Å². The zero-order valence-corrected chi connectivity index (χ0v) is 10.6. The molecule has 0 spiro atoms. The van der Waals surface area contributed by atoms with Crippen LogP contribution in [-0.2, 0) is 0 Å². The van der Waals surface area contributed by atoms with Gasteiger partial charge in [0.1, 0.15) is 5.84 Å². The summed E-state index contributed by atoms with van der Waals surface area (Å²) in [4.78, 5) is 2.31. The SMILES string of the molecule is CC(N(C)CCCC(N)=NO)C(C)(C)C. The second-order valence-corrected chi connectivity index (χ2v) is 5.22. The minimum absolute atomic E-state index is 0.283. The van der Waals surface area contributed by atoms with E-state index < -0.39 is 0 Å². The Labute approximate surface area is 93.1 Å². The van der Waals surface area contributed by atoms with Crippen molar-refractivity contribution in [2.75, 3.05) is 13.6 Å². The lowest BCUT2D eigenvalue weighted by molar-refractivity contribution is 0.140. The molecule has 0 saturated carbocycles. The van der Waals surface area contributed by atoms with Crippen LogP contribution in [-0.4, -0.2) is 35.6 Å². The van der Waals surface area contributed by atoms with Crippen molar-refractivity contribution in [1.82, 2.24) is 4.90 Å². The third-order valence-corrected chi connectivity index (χ3v) is 2.99. The minimum Gasteiger partial charge on any atom is -0.409 e. The van der Waals surface area contributed by atoms with E-state index in [0.29, 0.717) is 18.3 Å². The molecule has 4 nitrogen and oxygen atoms in total. The Morgan fingerprint density at radius 1 is 1.47 bits per heavy atom. The second-order valence-electron chi connectivity index (χ2n) is 5.22. The maximum atomic E-state index is 8.39. The van der Waals surface area contributed by atoms with E-state index in [1.807, 2.05) is 0 Å². The summed E-state index contributed by atoms with van der Waals surface area (Å²) < 4.78 is 0. The Kier molecular flexibility index (Phi) is 5.65. The van der Waals surface area contributed by atoms with Crippen molar-refractivity contribution in [2.45, 2.75) is 46.6 Å². The van der Waals surface area contributed by atoms with Crippen LogP contribution in [0.15, 0.2) is 5.16 Å². The summed E-state index contributed by atoms with van der Waals surface area (Å²) in [6.45, 7) is 9.89. The second kappa shape index (κ2) is 5.95. The monoisotopic (exact) mass is 215 g/mol. The summed E-state index contributed by atoms with van der Waals surface area (Å²) in [6, 6.07) is 0.518. The number of hydrogen-bond acceptors (Lipinski definition) is 3. The Morgan fingerprint density at radius 3 is 2.40 bits per heavy atom. The van der Waals surface area contributed by atoms with Crippen molar-refractivity contribution in [2.24, 2.45) is 16.3 Å². The van der Waals surface area contributed by atoms with Crippen LogP contribution < -0.4 is 5.73 Å². The van der Waals surface area contributed by atoms with Crippen LogP contribution in [0.25, 0.3) is 0 Å². The highest BCUT2D eigenvalue weighted by Crippen LogP contribution is 2.22. The number of amidine groups is 1. The van der Waals surface area contributed by atoms with Crippen LogP contribution >= 0.6 is 0 Å². The normalized spacial score (nSPS) is 15.7. The third kappa shape index (κ3) is 5.62. The van der Waals surface area contributed by atoms with Crippen molar-refractivity contribution in [3.8, 4) is 0 Å². The molecule has 90 valence electrons. The summed E-state index contributed by atoms with van der Waals surface area (Å²) in [5, 5.41) is 11.3. The van der Waals surface area contributed by atoms with Crippen molar-refractivity contribution in [3.05, 3.63) is 0 Å². The standard InChI is InChI=1S/C11H25N3O/c1-9(11(2,3)4)14(5)8-6-7-10(12)13-15/h9,15H,6-8H2,1-5H3,(H2,12,13). The lowest BCUT2D eigenvalue weighted by atomic mass is 9.87. The van der Waals surface area contributed by atoms with Gasteiger partial charge in [-0.1, -0.05) is 25.9 Å². The molecule has 0 bridgehead atoms. The molecule has 0 heterocycles.